The molecule has 0 aliphatic carbocycles. The van der Waals surface area contributed by atoms with Crippen LogP contribution in [0.2, 0.25) is 0 Å². The zero-order valence-corrected chi connectivity index (χ0v) is 19.4. The number of ketones is 1. The summed E-state index contributed by atoms with van der Waals surface area (Å²) in [5.41, 5.74) is 3.72. The Bertz CT molecular complexity index is 1250. The molecule has 1 saturated heterocycles. The van der Waals surface area contributed by atoms with Crippen LogP contribution in [0.15, 0.2) is 64.8 Å². The van der Waals surface area contributed by atoms with E-state index in [0.717, 1.165) is 16.7 Å². The van der Waals surface area contributed by atoms with Gasteiger partial charge in [-0.05, 0) is 82.1 Å². The fourth-order valence-electron chi connectivity index (χ4n) is 4.21. The minimum atomic E-state index is -0.881. The molecule has 0 saturated carbocycles. The molecule has 1 amide bonds. The number of Topliss-reactive ketones (excluding diaryl/α,β-unsaturated/α-hetero) is 1. The van der Waals surface area contributed by atoms with E-state index in [4.69, 9.17) is 9.15 Å². The molecule has 2 aromatic carbocycles. The second-order valence-electron chi connectivity index (χ2n) is 8.62. The van der Waals surface area contributed by atoms with E-state index in [1.807, 2.05) is 52.8 Å². The molecule has 1 aliphatic heterocycles. The second-order valence-corrected chi connectivity index (χ2v) is 8.62. The summed E-state index contributed by atoms with van der Waals surface area (Å²) in [6.07, 6.45) is 1.49. The number of hydrogen-bond donors (Lipinski definition) is 1. The topological polar surface area (TPSA) is 80.0 Å². The van der Waals surface area contributed by atoms with E-state index < -0.39 is 17.7 Å². The van der Waals surface area contributed by atoms with Crippen LogP contribution in [0.4, 0.5) is 5.69 Å². The Morgan fingerprint density at radius 1 is 1.03 bits per heavy atom. The molecule has 0 radical (unpaired) electrons. The monoisotopic (exact) mass is 445 g/mol. The molecule has 1 N–H and O–H groups in total. The molecule has 1 unspecified atom stereocenters. The molecule has 0 bridgehead atoms. The Balaban J connectivity index is 1.88. The van der Waals surface area contributed by atoms with Gasteiger partial charge in [-0.15, -0.1) is 0 Å². The van der Waals surface area contributed by atoms with Gasteiger partial charge in [0, 0.05) is 11.3 Å². The van der Waals surface area contributed by atoms with Gasteiger partial charge in [-0.1, -0.05) is 17.7 Å². The first-order valence-electron chi connectivity index (χ1n) is 10.9. The van der Waals surface area contributed by atoms with Crippen molar-refractivity contribution >= 4 is 23.1 Å². The number of carbonyl (C=O) groups excluding carboxylic acids is 2. The fraction of sp³-hybridized carbons (Fsp3) is 0.259. The van der Waals surface area contributed by atoms with Crippen LogP contribution in [0.1, 0.15) is 47.9 Å². The Kier molecular flexibility index (Phi) is 5.85. The van der Waals surface area contributed by atoms with Crippen LogP contribution >= 0.6 is 0 Å². The molecule has 6 heteroatoms. The van der Waals surface area contributed by atoms with Crippen molar-refractivity contribution in [1.29, 1.82) is 0 Å². The summed E-state index contributed by atoms with van der Waals surface area (Å²) >= 11 is 0. The molecule has 33 heavy (non-hydrogen) atoms. The summed E-state index contributed by atoms with van der Waals surface area (Å²) in [5, 5.41) is 11.3. The Labute approximate surface area is 193 Å². The first kappa shape index (κ1) is 22.4. The SMILES string of the molecule is Cc1ccc(N2C(=O)C(=O)/C(=C(\O)c3ccc(OC(C)C)c(C)c3)C2c2ccco2)c(C)c1. The maximum Gasteiger partial charge on any atom is 0.300 e. The van der Waals surface area contributed by atoms with Gasteiger partial charge in [-0.25, -0.2) is 0 Å². The van der Waals surface area contributed by atoms with Crippen molar-refractivity contribution in [2.75, 3.05) is 4.90 Å². The highest BCUT2D eigenvalue weighted by Gasteiger charge is 2.48. The van der Waals surface area contributed by atoms with Crippen LogP contribution in [0.5, 0.6) is 5.75 Å². The van der Waals surface area contributed by atoms with Gasteiger partial charge >= 0.3 is 0 Å². The van der Waals surface area contributed by atoms with E-state index in [9.17, 15) is 14.7 Å². The van der Waals surface area contributed by atoms with Crippen molar-refractivity contribution < 1.29 is 23.8 Å². The van der Waals surface area contributed by atoms with Crippen LogP contribution in [-0.2, 0) is 9.59 Å². The first-order chi connectivity index (χ1) is 15.7. The van der Waals surface area contributed by atoms with E-state index in [2.05, 4.69) is 0 Å². The van der Waals surface area contributed by atoms with Gasteiger partial charge in [-0.3, -0.25) is 14.5 Å². The van der Waals surface area contributed by atoms with E-state index in [-0.39, 0.29) is 17.4 Å². The number of furan rings is 1. The lowest BCUT2D eigenvalue weighted by Gasteiger charge is -2.25. The number of nitrogens with zero attached hydrogens (tertiary/aromatic N) is 1. The number of aliphatic hydroxyl groups is 1. The Morgan fingerprint density at radius 3 is 2.39 bits per heavy atom. The van der Waals surface area contributed by atoms with Crippen LogP contribution in [-0.4, -0.2) is 22.9 Å². The van der Waals surface area contributed by atoms with Gasteiger partial charge < -0.3 is 14.3 Å². The van der Waals surface area contributed by atoms with Crippen molar-refractivity contribution in [3.05, 3.63) is 88.4 Å². The lowest BCUT2D eigenvalue weighted by atomic mass is 9.98. The van der Waals surface area contributed by atoms with Crippen molar-refractivity contribution in [2.24, 2.45) is 0 Å². The van der Waals surface area contributed by atoms with Crippen molar-refractivity contribution in [3.8, 4) is 5.75 Å². The Morgan fingerprint density at radius 2 is 1.79 bits per heavy atom. The number of anilines is 1. The first-order valence-corrected chi connectivity index (χ1v) is 10.9. The quantitative estimate of drug-likeness (QED) is 0.313. The number of ether oxygens (including phenoxy) is 1. The molecule has 6 nitrogen and oxygen atoms in total. The maximum atomic E-state index is 13.2. The van der Waals surface area contributed by atoms with Gasteiger partial charge in [0.2, 0.25) is 0 Å². The molecule has 0 spiro atoms. The van der Waals surface area contributed by atoms with Crippen LogP contribution in [0.25, 0.3) is 5.76 Å². The highest BCUT2D eigenvalue weighted by molar-refractivity contribution is 6.51. The predicted octanol–water partition coefficient (Wildman–Crippen LogP) is 5.62. The summed E-state index contributed by atoms with van der Waals surface area (Å²) in [7, 11) is 0. The maximum absolute atomic E-state index is 13.2. The van der Waals surface area contributed by atoms with E-state index >= 15 is 0 Å². The van der Waals surface area contributed by atoms with Gasteiger partial charge in [0.05, 0.1) is 17.9 Å². The van der Waals surface area contributed by atoms with Crippen LogP contribution in [0.3, 0.4) is 0 Å². The molecule has 170 valence electrons. The van der Waals surface area contributed by atoms with Crippen LogP contribution < -0.4 is 9.64 Å². The van der Waals surface area contributed by atoms with E-state index in [1.54, 1.807) is 30.3 Å². The van der Waals surface area contributed by atoms with Crippen molar-refractivity contribution in [2.45, 2.75) is 46.8 Å². The zero-order chi connectivity index (χ0) is 23.9. The number of aliphatic hydroxyl groups excluding tert-OH is 1. The summed E-state index contributed by atoms with van der Waals surface area (Å²) in [6, 6.07) is 13.3. The minimum Gasteiger partial charge on any atom is -0.507 e. The van der Waals surface area contributed by atoms with Gasteiger partial charge in [0.15, 0.2) is 0 Å². The molecule has 1 aromatic heterocycles. The Hall–Kier alpha value is -3.80. The number of hydrogen-bond acceptors (Lipinski definition) is 5. The summed E-state index contributed by atoms with van der Waals surface area (Å²) in [5.74, 6) is -0.622. The van der Waals surface area contributed by atoms with Crippen molar-refractivity contribution in [3.63, 3.8) is 0 Å². The number of aryl methyl sites for hydroxylation is 3. The van der Waals surface area contributed by atoms with Crippen LogP contribution in [0, 0.1) is 20.8 Å². The summed E-state index contributed by atoms with van der Waals surface area (Å²) in [6.45, 7) is 9.59. The smallest absolute Gasteiger partial charge is 0.300 e. The lowest BCUT2D eigenvalue weighted by Crippen LogP contribution is -2.30. The molecular weight excluding hydrogens is 418 g/mol. The standard InChI is InChI=1S/C27H27NO5/c1-15(2)33-21-11-9-19(14-18(21)5)25(29)23-24(22-7-6-12-32-22)28(27(31)26(23)30)20-10-8-16(3)13-17(20)4/h6-15,24,29H,1-5H3/b25-23-. The number of benzene rings is 2. The normalized spacial score (nSPS) is 17.8. The largest absolute Gasteiger partial charge is 0.507 e. The van der Waals surface area contributed by atoms with Gasteiger partial charge in [0.25, 0.3) is 11.7 Å². The average Bonchev–Trinajstić information content (AvgIpc) is 3.36. The lowest BCUT2D eigenvalue weighted by molar-refractivity contribution is -0.132. The molecular formula is C27H27NO5. The number of amides is 1. The van der Waals surface area contributed by atoms with Gasteiger partial charge in [0.1, 0.15) is 23.3 Å². The highest BCUT2D eigenvalue weighted by atomic mass is 16.5. The molecule has 1 aliphatic rings. The third-order valence-corrected chi connectivity index (χ3v) is 5.68. The third-order valence-electron chi connectivity index (χ3n) is 5.68. The van der Waals surface area contributed by atoms with E-state index in [1.165, 1.54) is 11.2 Å². The fourth-order valence-corrected chi connectivity index (χ4v) is 4.21. The van der Waals surface area contributed by atoms with E-state index in [0.29, 0.717) is 22.8 Å². The molecule has 1 atom stereocenters. The second kappa shape index (κ2) is 8.62. The predicted molar refractivity (Wildman–Crippen MR) is 126 cm³/mol. The number of carbonyl (C=O) groups is 2. The molecule has 3 aromatic rings. The summed E-state index contributed by atoms with van der Waals surface area (Å²) in [4.78, 5) is 27.8. The average molecular weight is 446 g/mol. The van der Waals surface area contributed by atoms with Crippen molar-refractivity contribution in [1.82, 2.24) is 0 Å². The summed E-state index contributed by atoms with van der Waals surface area (Å²) < 4.78 is 11.4. The highest BCUT2D eigenvalue weighted by Crippen LogP contribution is 2.43. The molecule has 1 fully saturated rings. The third kappa shape index (κ3) is 4.04. The zero-order valence-electron chi connectivity index (χ0n) is 19.4. The minimum absolute atomic E-state index is 0.00479. The van der Waals surface area contributed by atoms with Gasteiger partial charge in [-0.2, -0.15) is 0 Å². The number of rotatable bonds is 5. The molecule has 2 heterocycles. The molecule has 4 rings (SSSR count).